The summed E-state index contributed by atoms with van der Waals surface area (Å²) in [6.45, 7) is 31.3. The summed E-state index contributed by atoms with van der Waals surface area (Å²) in [6, 6.07) is 5.83. The Morgan fingerprint density at radius 3 is 2.05 bits per heavy atom. The first-order valence-electron chi connectivity index (χ1n) is 19.3. The Hall–Kier alpha value is -3.98. The van der Waals surface area contributed by atoms with Crippen LogP contribution in [-0.2, 0) is 29.6 Å². The average molecular weight is 831 g/mol. The molecule has 1 aromatic carbocycles. The van der Waals surface area contributed by atoms with Crippen molar-refractivity contribution in [1.29, 1.82) is 0 Å². The lowest BCUT2D eigenvalue weighted by Gasteiger charge is -2.40. The van der Waals surface area contributed by atoms with E-state index in [1.54, 1.807) is 52.2 Å². The predicted molar refractivity (Wildman–Crippen MR) is 223 cm³/mol. The van der Waals surface area contributed by atoms with Crippen molar-refractivity contribution in [1.82, 2.24) is 19.1 Å². The van der Waals surface area contributed by atoms with Crippen molar-refractivity contribution in [2.45, 2.75) is 162 Å². The van der Waals surface area contributed by atoms with Crippen LogP contribution in [0.15, 0.2) is 35.4 Å². The number of carbonyl (C=O) groups is 2. The number of imidazole rings is 1. The number of nitro benzene ring substituents is 1. The zero-order chi connectivity index (χ0) is 43.3. The predicted octanol–water partition coefficient (Wildman–Crippen LogP) is 8.93. The molecule has 0 aliphatic carbocycles. The number of nitrogens with zero attached hydrogens (tertiary/aromatic N) is 6. The van der Waals surface area contributed by atoms with Gasteiger partial charge in [-0.15, -0.1) is 0 Å². The molecular weight excluding hydrogens is 769 g/mol. The zero-order valence-electron chi connectivity index (χ0n) is 36.5. The summed E-state index contributed by atoms with van der Waals surface area (Å²) in [6.07, 6.45) is -1.97. The molecule has 57 heavy (non-hydrogen) atoms. The highest BCUT2D eigenvalue weighted by Crippen LogP contribution is 2.43. The van der Waals surface area contributed by atoms with Gasteiger partial charge >= 0.3 is 12.2 Å². The lowest BCUT2D eigenvalue weighted by molar-refractivity contribution is -0.385. The van der Waals surface area contributed by atoms with Crippen LogP contribution in [-0.4, -0.2) is 82.9 Å². The number of anilines is 1. The fourth-order valence-electron chi connectivity index (χ4n) is 5.56. The first-order chi connectivity index (χ1) is 25.8. The molecule has 1 aliphatic heterocycles. The molecule has 3 aromatic rings. The maximum absolute atomic E-state index is 14.5. The number of amides is 1. The van der Waals surface area contributed by atoms with E-state index in [4.69, 9.17) is 28.0 Å². The number of carbonyl (C=O) groups excluding carboxylic acids is 2. The van der Waals surface area contributed by atoms with Crippen LogP contribution in [0, 0.1) is 10.1 Å². The summed E-state index contributed by atoms with van der Waals surface area (Å²) in [5.74, 6) is -0.485. The van der Waals surface area contributed by atoms with Crippen LogP contribution in [0.25, 0.3) is 11.2 Å². The lowest BCUT2D eigenvalue weighted by Crippen LogP contribution is -2.48. The second-order valence-corrected chi connectivity index (χ2v) is 29.2. The quantitative estimate of drug-likeness (QED) is 0.108. The van der Waals surface area contributed by atoms with E-state index >= 15 is 0 Å². The standard InChI is InChI=1S/C39H62N6O10Si2/c1-36(2,3)53-34(47)42(22-25-19-17-18-20-26(25)45(49)50)33-41-31-30(32(46)44(33)35(48)54-37(4,5)6)40-24-43(31)29-21-27(55-57(15,16)39(10,11)12)28(52-29)23-51-56(13,14)38(7,8)9/h17-20,24,27-29H,21-23H2,1-16H3/t27?,28-,29-/m1/s1. The van der Waals surface area contributed by atoms with E-state index in [2.05, 4.69) is 72.7 Å². The van der Waals surface area contributed by atoms with Crippen LogP contribution in [0.3, 0.4) is 0 Å². The molecule has 0 radical (unpaired) electrons. The Balaban J connectivity index is 1.94. The third kappa shape index (κ3) is 10.6. The fraction of sp³-hybridized carbons (Fsp3) is 0.667. The van der Waals surface area contributed by atoms with Crippen molar-refractivity contribution < 1.29 is 37.6 Å². The van der Waals surface area contributed by atoms with Gasteiger partial charge in [0.25, 0.3) is 11.2 Å². The smallest absolute Gasteiger partial charge is 0.424 e. The zero-order valence-corrected chi connectivity index (χ0v) is 38.5. The molecule has 16 nitrogen and oxygen atoms in total. The van der Waals surface area contributed by atoms with Gasteiger partial charge in [0.1, 0.15) is 23.5 Å². The first-order valence-corrected chi connectivity index (χ1v) is 25.1. The molecule has 4 rings (SSSR count). The van der Waals surface area contributed by atoms with Gasteiger partial charge in [0.15, 0.2) is 27.8 Å². The third-order valence-electron chi connectivity index (χ3n) is 10.7. The van der Waals surface area contributed by atoms with Crippen molar-refractivity contribution in [3.05, 3.63) is 56.6 Å². The van der Waals surface area contributed by atoms with Gasteiger partial charge in [-0.25, -0.2) is 19.5 Å². The number of para-hydroxylation sites is 1. The van der Waals surface area contributed by atoms with Crippen molar-refractivity contribution >= 4 is 51.6 Å². The minimum absolute atomic E-state index is 0.00738. The van der Waals surface area contributed by atoms with Crippen LogP contribution >= 0.6 is 0 Å². The Bertz CT molecular complexity index is 2040. The molecule has 1 unspecified atom stereocenters. The van der Waals surface area contributed by atoms with E-state index in [1.807, 2.05) is 0 Å². The number of nitro groups is 1. The van der Waals surface area contributed by atoms with E-state index in [0.717, 1.165) is 4.90 Å². The van der Waals surface area contributed by atoms with Gasteiger partial charge in [0, 0.05) is 18.1 Å². The van der Waals surface area contributed by atoms with Gasteiger partial charge in [0.2, 0.25) is 5.95 Å². The molecule has 18 heteroatoms. The summed E-state index contributed by atoms with van der Waals surface area (Å²) in [5, 5.41) is 11.9. The molecule has 3 heterocycles. The molecule has 1 saturated heterocycles. The van der Waals surface area contributed by atoms with Gasteiger partial charge in [-0.1, -0.05) is 59.7 Å². The third-order valence-corrected chi connectivity index (χ3v) is 19.7. The minimum Gasteiger partial charge on any atom is -0.443 e. The van der Waals surface area contributed by atoms with E-state index in [1.165, 1.54) is 24.5 Å². The SMILES string of the molecule is CC(C)(C)OC(=O)N(Cc1ccccc1[N+](=O)[O-])c1nc2c(ncn2[C@H]2CC(O[Si](C)(C)C(C)(C)C)[C@@H](CO[Si](C)(C)C(C)(C)C)O2)c(=O)n1C(=O)OC(C)(C)C. The first kappa shape index (κ1) is 45.7. The summed E-state index contributed by atoms with van der Waals surface area (Å²) >= 11 is 0. The lowest BCUT2D eigenvalue weighted by atomic mass is 10.1. The molecular formula is C39H62N6O10Si2. The second-order valence-electron chi connectivity index (χ2n) is 19.7. The highest BCUT2D eigenvalue weighted by atomic mass is 28.4. The average Bonchev–Trinajstić information content (AvgIpc) is 3.63. The Labute approximate surface area is 337 Å². The van der Waals surface area contributed by atoms with Crippen LogP contribution < -0.4 is 10.5 Å². The van der Waals surface area contributed by atoms with Crippen molar-refractivity contribution in [2.24, 2.45) is 0 Å². The second kappa shape index (κ2) is 16.0. The van der Waals surface area contributed by atoms with Crippen LogP contribution in [0.4, 0.5) is 21.2 Å². The Kier molecular flexibility index (Phi) is 12.8. The molecule has 0 N–H and O–H groups in total. The molecule has 3 atom stereocenters. The minimum atomic E-state index is -2.32. The van der Waals surface area contributed by atoms with Gasteiger partial charge in [-0.05, 0) is 77.8 Å². The Morgan fingerprint density at radius 2 is 1.51 bits per heavy atom. The maximum atomic E-state index is 14.5. The van der Waals surface area contributed by atoms with Crippen LogP contribution in [0.1, 0.15) is 101 Å². The molecule has 1 amide bonds. The number of fused-ring (bicyclic) bond motifs is 1. The van der Waals surface area contributed by atoms with Crippen LogP contribution in [0.2, 0.25) is 36.3 Å². The highest BCUT2D eigenvalue weighted by molar-refractivity contribution is 6.74. The molecule has 316 valence electrons. The fourth-order valence-corrected chi connectivity index (χ4v) is 7.93. The van der Waals surface area contributed by atoms with Crippen molar-refractivity contribution in [2.75, 3.05) is 11.5 Å². The normalized spacial score (nSPS) is 18.5. The number of benzene rings is 1. The Morgan fingerprint density at radius 1 is 0.930 bits per heavy atom. The van der Waals surface area contributed by atoms with Crippen molar-refractivity contribution in [3.8, 4) is 0 Å². The summed E-state index contributed by atoms with van der Waals surface area (Å²) in [4.78, 5) is 64.1. The van der Waals surface area contributed by atoms with Crippen molar-refractivity contribution in [3.63, 3.8) is 0 Å². The van der Waals surface area contributed by atoms with Gasteiger partial charge in [-0.3, -0.25) is 19.5 Å². The topological polar surface area (TPSA) is 179 Å². The summed E-state index contributed by atoms with van der Waals surface area (Å²) in [7, 11) is -4.52. The largest absolute Gasteiger partial charge is 0.443 e. The van der Waals surface area contributed by atoms with Gasteiger partial charge < -0.3 is 23.1 Å². The summed E-state index contributed by atoms with van der Waals surface area (Å²) in [5.41, 5.74) is -3.40. The summed E-state index contributed by atoms with van der Waals surface area (Å²) < 4.78 is 33.9. The molecule has 0 bridgehead atoms. The van der Waals surface area contributed by atoms with E-state index in [0.29, 0.717) is 11.0 Å². The monoisotopic (exact) mass is 830 g/mol. The number of aromatic nitrogens is 4. The number of hydrogen-bond acceptors (Lipinski definition) is 12. The molecule has 2 aromatic heterocycles. The molecule has 0 saturated carbocycles. The number of hydrogen-bond donors (Lipinski definition) is 0. The molecule has 1 fully saturated rings. The maximum Gasteiger partial charge on any atom is 0.424 e. The number of ether oxygens (including phenoxy) is 3. The molecule has 0 spiro atoms. The van der Waals surface area contributed by atoms with Gasteiger partial charge in [0.05, 0.1) is 30.5 Å². The van der Waals surface area contributed by atoms with E-state index < -0.39 is 75.3 Å². The van der Waals surface area contributed by atoms with E-state index in [-0.39, 0.29) is 45.2 Å². The van der Waals surface area contributed by atoms with Crippen LogP contribution in [0.5, 0.6) is 0 Å². The van der Waals surface area contributed by atoms with Gasteiger partial charge in [-0.2, -0.15) is 9.55 Å². The highest BCUT2D eigenvalue weighted by Gasteiger charge is 2.47. The molecule has 1 aliphatic rings. The number of rotatable bonds is 10. The van der Waals surface area contributed by atoms with E-state index in [9.17, 15) is 24.5 Å².